The van der Waals surface area contributed by atoms with E-state index in [2.05, 4.69) is 6.92 Å². The summed E-state index contributed by atoms with van der Waals surface area (Å²) in [5.41, 5.74) is 1.16. The number of aryl methyl sites for hydroxylation is 1. The molecule has 0 saturated heterocycles. The first-order chi connectivity index (χ1) is 14.4. The largest absolute Gasteiger partial charge is 1.00 e. The standard InChI is InChI=1S/C24H34O5S.Na/c1-2-3-4-5-6-7-8-9-10-11-13-20-14-12-15-21(18-20)29-22-16-17-23(25)24(19-22)30(26,27)28;/h12,14-19,25H,2-11,13H2,1H3,(H,26,27,28);/q;+1/p-1. The average Bonchev–Trinajstić information content (AvgIpc) is 2.70. The van der Waals surface area contributed by atoms with E-state index in [-0.39, 0.29) is 35.3 Å². The van der Waals surface area contributed by atoms with E-state index in [0.717, 1.165) is 30.5 Å². The molecule has 7 heteroatoms. The third-order valence-electron chi connectivity index (χ3n) is 5.15. The Morgan fingerprint density at radius 2 is 1.42 bits per heavy atom. The zero-order valence-corrected chi connectivity index (χ0v) is 21.6. The van der Waals surface area contributed by atoms with Gasteiger partial charge in [-0.15, -0.1) is 0 Å². The van der Waals surface area contributed by atoms with Gasteiger partial charge in [0.2, 0.25) is 0 Å². The van der Waals surface area contributed by atoms with Gasteiger partial charge in [0, 0.05) is 6.07 Å². The Balaban J connectivity index is 0.00000480. The van der Waals surface area contributed by atoms with Crippen LogP contribution in [0.1, 0.15) is 76.7 Å². The number of hydrogen-bond acceptors (Lipinski definition) is 4. The Kier molecular flexibility index (Phi) is 13.5. The maximum Gasteiger partial charge on any atom is 1.00 e. The Labute approximate surface area is 209 Å². The minimum atomic E-state index is -4.58. The van der Waals surface area contributed by atoms with Crippen molar-refractivity contribution in [3.05, 3.63) is 48.0 Å². The Bertz CT molecular complexity index is 883. The predicted octanol–water partition coefficient (Wildman–Crippen LogP) is 3.27. The summed E-state index contributed by atoms with van der Waals surface area (Å²) in [6.45, 7) is 2.24. The zero-order chi connectivity index (χ0) is 21.8. The van der Waals surface area contributed by atoms with Crippen molar-refractivity contribution in [3.63, 3.8) is 0 Å². The molecule has 0 saturated carbocycles. The molecular weight excluding hydrogens is 423 g/mol. The fourth-order valence-corrected chi connectivity index (χ4v) is 4.06. The Hall–Kier alpha value is -1.05. The summed E-state index contributed by atoms with van der Waals surface area (Å²) in [6, 6.07) is 11.2. The molecule has 5 nitrogen and oxygen atoms in total. The summed E-state index contributed by atoms with van der Waals surface area (Å²) in [5.74, 6) is -0.00242. The van der Waals surface area contributed by atoms with Crippen LogP contribution in [0.25, 0.3) is 0 Å². The van der Waals surface area contributed by atoms with E-state index >= 15 is 0 Å². The molecule has 31 heavy (non-hydrogen) atoms. The van der Waals surface area contributed by atoms with Gasteiger partial charge in [0.05, 0.1) is 4.90 Å². The summed E-state index contributed by atoms with van der Waals surface area (Å²) in [7, 11) is -4.58. The first-order valence-electron chi connectivity index (χ1n) is 11.0. The van der Waals surface area contributed by atoms with Crippen molar-refractivity contribution in [2.24, 2.45) is 0 Å². The summed E-state index contributed by atoms with van der Waals surface area (Å²) in [4.78, 5) is -0.679. The van der Waals surface area contributed by atoms with Gasteiger partial charge in [-0.25, -0.2) is 0 Å². The van der Waals surface area contributed by atoms with E-state index in [1.807, 2.05) is 18.2 Å². The third kappa shape index (κ3) is 10.9. The van der Waals surface area contributed by atoms with Gasteiger partial charge in [-0.1, -0.05) is 88.7 Å². The van der Waals surface area contributed by atoms with Gasteiger partial charge in [-0.05, 0) is 36.6 Å². The number of rotatable bonds is 14. The molecule has 0 spiro atoms. The topological polar surface area (TPSA) is 86.7 Å². The van der Waals surface area contributed by atoms with E-state index < -0.39 is 20.8 Å². The van der Waals surface area contributed by atoms with Crippen molar-refractivity contribution >= 4 is 10.1 Å². The monoisotopic (exact) mass is 456 g/mol. The molecule has 0 unspecified atom stereocenters. The molecule has 0 bridgehead atoms. The van der Waals surface area contributed by atoms with Gasteiger partial charge in [0.15, 0.2) is 0 Å². The summed E-state index contributed by atoms with van der Waals surface area (Å²) in [6.07, 6.45) is 13.9. The van der Waals surface area contributed by atoms with Gasteiger partial charge >= 0.3 is 29.6 Å². The van der Waals surface area contributed by atoms with Crippen LogP contribution in [0.5, 0.6) is 17.2 Å². The molecule has 0 aliphatic heterocycles. The molecule has 0 fully saturated rings. The van der Waals surface area contributed by atoms with Crippen LogP contribution in [0.3, 0.4) is 0 Å². The summed E-state index contributed by atoms with van der Waals surface area (Å²) in [5, 5.41) is 11.6. The van der Waals surface area contributed by atoms with Gasteiger partial charge in [-0.2, -0.15) is 8.42 Å². The third-order valence-corrected chi connectivity index (χ3v) is 6.02. The molecule has 0 aliphatic carbocycles. The molecule has 0 aliphatic rings. The van der Waals surface area contributed by atoms with Crippen molar-refractivity contribution in [1.82, 2.24) is 0 Å². The summed E-state index contributed by atoms with van der Waals surface area (Å²) >= 11 is 0. The molecule has 0 heterocycles. The average molecular weight is 457 g/mol. The number of benzene rings is 2. The second-order valence-corrected chi connectivity index (χ2v) is 9.16. The van der Waals surface area contributed by atoms with Gasteiger partial charge in [-0.3, -0.25) is 4.55 Å². The molecule has 0 amide bonds. The number of ether oxygens (including phenoxy) is 1. The normalized spacial score (nSPS) is 11.2. The van der Waals surface area contributed by atoms with Crippen LogP contribution in [0, 0.1) is 0 Å². The maximum atomic E-state index is 11.6. The minimum Gasteiger partial charge on any atom is -0.872 e. The van der Waals surface area contributed by atoms with Crippen molar-refractivity contribution in [1.29, 1.82) is 0 Å². The van der Waals surface area contributed by atoms with Gasteiger partial charge in [0.25, 0.3) is 10.1 Å². The molecule has 0 aromatic heterocycles. The first kappa shape index (κ1) is 28.0. The van der Waals surface area contributed by atoms with E-state index in [4.69, 9.17) is 9.29 Å². The summed E-state index contributed by atoms with van der Waals surface area (Å²) < 4.78 is 37.4. The van der Waals surface area contributed by atoms with Crippen LogP contribution >= 0.6 is 0 Å². The smallest absolute Gasteiger partial charge is 0.872 e. The molecule has 166 valence electrons. The van der Waals surface area contributed by atoms with Gasteiger partial charge in [0.1, 0.15) is 11.5 Å². The number of unbranched alkanes of at least 4 members (excludes halogenated alkanes) is 9. The van der Waals surface area contributed by atoms with Crippen LogP contribution in [0.15, 0.2) is 47.4 Å². The second-order valence-electron chi connectivity index (χ2n) is 7.77. The predicted molar refractivity (Wildman–Crippen MR) is 118 cm³/mol. The van der Waals surface area contributed by atoms with Crippen molar-refractivity contribution in [2.45, 2.75) is 82.4 Å². The van der Waals surface area contributed by atoms with Crippen LogP contribution in [0.4, 0.5) is 0 Å². The quantitative estimate of drug-likeness (QED) is 0.268. The fourth-order valence-electron chi connectivity index (χ4n) is 3.47. The maximum absolute atomic E-state index is 11.6. The molecular formula is C24H33NaO5S. The Morgan fingerprint density at radius 3 is 2.03 bits per heavy atom. The van der Waals surface area contributed by atoms with Crippen molar-refractivity contribution in [3.8, 4) is 17.2 Å². The van der Waals surface area contributed by atoms with Crippen LogP contribution < -0.4 is 39.4 Å². The van der Waals surface area contributed by atoms with E-state index in [1.54, 1.807) is 6.07 Å². The first-order valence-corrected chi connectivity index (χ1v) is 12.4. The zero-order valence-electron chi connectivity index (χ0n) is 18.8. The molecule has 0 atom stereocenters. The van der Waals surface area contributed by atoms with Crippen LogP contribution in [-0.2, 0) is 16.5 Å². The molecule has 0 radical (unpaired) electrons. The minimum absolute atomic E-state index is 0. The molecule has 1 N–H and O–H groups in total. The number of hydrogen-bond donors (Lipinski definition) is 1. The fraction of sp³-hybridized carbons (Fsp3) is 0.500. The molecule has 2 rings (SSSR count). The molecule has 2 aromatic rings. The SMILES string of the molecule is CCCCCCCCCCCCc1cccc(Oc2ccc([O-])c(S(=O)(=O)O)c2)c1.[Na+]. The Morgan fingerprint density at radius 1 is 0.839 bits per heavy atom. The van der Waals surface area contributed by atoms with E-state index in [9.17, 15) is 13.5 Å². The second kappa shape index (κ2) is 14.9. The van der Waals surface area contributed by atoms with Crippen LogP contribution in [0.2, 0.25) is 0 Å². The molecule has 2 aromatic carbocycles. The van der Waals surface area contributed by atoms with E-state index in [0.29, 0.717) is 5.75 Å². The van der Waals surface area contributed by atoms with E-state index in [1.165, 1.54) is 63.9 Å². The van der Waals surface area contributed by atoms with Crippen molar-refractivity contribution < 1.29 is 52.4 Å². The van der Waals surface area contributed by atoms with Crippen molar-refractivity contribution in [2.75, 3.05) is 0 Å². The van der Waals surface area contributed by atoms with Crippen LogP contribution in [-0.4, -0.2) is 13.0 Å². The van der Waals surface area contributed by atoms with Gasteiger partial charge < -0.3 is 9.84 Å².